The summed E-state index contributed by atoms with van der Waals surface area (Å²) in [5.74, 6) is -9.31. The minimum atomic E-state index is -1.81. The first-order chi connectivity index (χ1) is 47.7. The molecule has 0 aliphatic carbocycles. The smallest absolute Gasteiger partial charge is 0.245 e. The van der Waals surface area contributed by atoms with E-state index in [2.05, 4.69) is 57.8 Å². The van der Waals surface area contributed by atoms with Gasteiger partial charge in [-0.1, -0.05) is 98.2 Å². The summed E-state index contributed by atoms with van der Waals surface area (Å²) in [4.78, 5) is 164. The third kappa shape index (κ3) is 25.2. The number of pyridine rings is 1. The highest BCUT2D eigenvalue weighted by atomic mass is 35.5. The highest BCUT2D eigenvalue weighted by molar-refractivity contribution is 6.30. The summed E-state index contributed by atoms with van der Waals surface area (Å²) < 4.78 is 0. The van der Waals surface area contributed by atoms with Crippen LogP contribution in [0.15, 0.2) is 121 Å². The zero-order valence-electron chi connectivity index (χ0n) is 56.5. The molecule has 10 atom stereocenters. The van der Waals surface area contributed by atoms with Gasteiger partial charge in [0.15, 0.2) is 5.96 Å². The number of unbranched alkanes of at least 4 members (excludes halogenated alkanes) is 1. The van der Waals surface area contributed by atoms with Gasteiger partial charge in [0.1, 0.15) is 66.2 Å². The number of rotatable bonds is 38. The van der Waals surface area contributed by atoms with Crippen molar-refractivity contribution in [2.75, 3.05) is 26.2 Å². The maximum atomic E-state index is 14.8. The first kappa shape index (κ1) is 78.7. The van der Waals surface area contributed by atoms with Crippen LogP contribution < -0.4 is 70.8 Å². The molecule has 0 bridgehead atoms. The van der Waals surface area contributed by atoms with Gasteiger partial charge in [0.25, 0.3) is 0 Å². The number of likely N-dealkylation sites (tertiary alicyclic amines) is 1. The molecular formula is C70H93ClN16O13. The van der Waals surface area contributed by atoms with Gasteiger partial charge in [-0.05, 0) is 134 Å². The van der Waals surface area contributed by atoms with Gasteiger partial charge in [-0.3, -0.25) is 62.7 Å². The average molecular weight is 1400 g/mol. The molecule has 0 spiro atoms. The molecule has 1 aliphatic rings. The van der Waals surface area contributed by atoms with E-state index >= 15 is 0 Å². The van der Waals surface area contributed by atoms with Gasteiger partial charge in [-0.2, -0.15) is 0 Å². The highest BCUT2D eigenvalue weighted by Gasteiger charge is 2.40. The maximum absolute atomic E-state index is 14.8. The number of carbonyl (C=O) groups excluding carboxylic acids is 11. The van der Waals surface area contributed by atoms with E-state index in [1.165, 1.54) is 55.4 Å². The number of aliphatic imine (C=N–C) groups is 1. The molecule has 2 heterocycles. The van der Waals surface area contributed by atoms with Crippen molar-refractivity contribution in [2.24, 2.45) is 33.8 Å². The molecule has 0 unspecified atom stereocenters. The number of phenolic OH excluding ortho intramolecular Hbond substituents is 1. The standard InChI is InChI=1S/C70H93ClN16O13/c1-40(2)32-53(62(93)81-52(16-10-30-77-70(74)75)69(100)87-31-11-17-59(87)68(99)78-41(3)60(73)91)82-61(92)51(15-7-8-28-72)80-64(95)55(35-44-21-26-50(90)27-22-44)85-67(98)58(39-88)86-66(97)57(37-46-12-9-29-76-38-46)84-65(96)56(34-43-19-24-49(71)25-20-43)83-63(94)54(79-42(4)89)36-45-18-23-47-13-5-6-14-48(47)33-45/h5-6,9,12-14,18-27,29,33,38,40-41,51-59,88,90H,7-8,10-11,15-17,28,30-32,34-37,39,72H2,1-4H3,(H2,73,91)(H,78,99)(H,79,89)(H,80,95)(H,81,93)(H,82,92)(H,83,94)(H,84,96)(H,85,98)(H,86,97)(H4,74,75,77)/t41-,51-,52-,53+,54-,55+,56-,57-,58+,59+/m1/s1. The van der Waals surface area contributed by atoms with E-state index in [1.807, 2.05) is 42.5 Å². The number of carbonyl (C=O) groups is 11. The van der Waals surface area contributed by atoms with Crippen molar-refractivity contribution in [1.29, 1.82) is 0 Å². The lowest BCUT2D eigenvalue weighted by atomic mass is 9.99. The lowest BCUT2D eigenvalue weighted by Crippen LogP contribution is -2.61. The lowest BCUT2D eigenvalue weighted by molar-refractivity contribution is -0.142. The summed E-state index contributed by atoms with van der Waals surface area (Å²) in [6.45, 7) is 5.63. The topological polar surface area (TPSA) is 469 Å². The molecule has 0 radical (unpaired) electrons. The SMILES string of the molecule is CC(=O)N[C@H](Cc1ccc2ccccc2c1)C(=O)N[C@H](Cc1ccc(Cl)cc1)C(=O)N[C@H](Cc1cccnc1)C(=O)N[C@@H](CO)C(=O)N[C@@H](Cc1ccc(O)cc1)C(=O)N[C@H](CCCCN)C(=O)N[C@@H](CC(C)C)C(=O)N[C@H](CCCN=C(N)N)C(=O)N1CCC[C@H]1C(=O)N[C@H](C)C(N)=O. The van der Waals surface area contributed by atoms with Gasteiger partial charge in [-0.25, -0.2) is 0 Å². The number of benzene rings is 4. The largest absolute Gasteiger partial charge is 0.508 e. The second-order valence-corrected chi connectivity index (χ2v) is 25.6. The fourth-order valence-corrected chi connectivity index (χ4v) is 11.5. The second-order valence-electron chi connectivity index (χ2n) is 25.2. The number of aromatic nitrogens is 1. The summed E-state index contributed by atoms with van der Waals surface area (Å²) in [6, 6.07) is 15.1. The Morgan fingerprint density at radius 1 is 0.570 bits per heavy atom. The van der Waals surface area contributed by atoms with Gasteiger partial charge in [-0.15, -0.1) is 0 Å². The van der Waals surface area contributed by atoms with Crippen molar-refractivity contribution in [2.45, 2.75) is 165 Å². The Morgan fingerprint density at radius 3 is 1.63 bits per heavy atom. The Hall–Kier alpha value is -10.3. The van der Waals surface area contributed by atoms with Crippen molar-refractivity contribution in [3.63, 3.8) is 0 Å². The van der Waals surface area contributed by atoms with E-state index in [9.17, 15) is 63.0 Å². The number of nitrogens with zero attached hydrogens (tertiary/aromatic N) is 3. The predicted molar refractivity (Wildman–Crippen MR) is 375 cm³/mol. The lowest BCUT2D eigenvalue weighted by Gasteiger charge is -2.31. The summed E-state index contributed by atoms with van der Waals surface area (Å²) in [7, 11) is 0. The highest BCUT2D eigenvalue weighted by Crippen LogP contribution is 2.22. The van der Waals surface area contributed by atoms with Crippen LogP contribution in [-0.4, -0.2) is 178 Å². The van der Waals surface area contributed by atoms with Crippen LogP contribution in [0.4, 0.5) is 0 Å². The number of hydrogen-bond donors (Lipinski definition) is 15. The van der Waals surface area contributed by atoms with Gasteiger partial charge >= 0.3 is 0 Å². The van der Waals surface area contributed by atoms with Crippen molar-refractivity contribution < 1.29 is 63.0 Å². The normalized spacial score (nSPS) is 15.4. The number of nitrogens with one attached hydrogen (secondary N) is 9. The number of aliphatic hydroxyl groups is 1. The molecule has 1 aliphatic heterocycles. The molecule has 30 heteroatoms. The fraction of sp³-hybridized carbons (Fsp3) is 0.443. The number of aromatic hydroxyl groups is 1. The summed E-state index contributed by atoms with van der Waals surface area (Å²) in [6.07, 6.45) is 3.88. The third-order valence-corrected chi connectivity index (χ3v) is 16.9. The van der Waals surface area contributed by atoms with Crippen LogP contribution in [-0.2, 0) is 78.4 Å². The molecule has 1 fully saturated rings. The molecule has 0 saturated carbocycles. The predicted octanol–water partition coefficient (Wildman–Crippen LogP) is -0.0353. The summed E-state index contributed by atoms with van der Waals surface area (Å²) in [5.41, 5.74) is 24.5. The molecule has 100 heavy (non-hydrogen) atoms. The van der Waals surface area contributed by atoms with Crippen LogP contribution in [0.5, 0.6) is 5.75 Å². The minimum Gasteiger partial charge on any atom is -0.508 e. The first-order valence-corrected chi connectivity index (χ1v) is 33.6. The first-order valence-electron chi connectivity index (χ1n) is 33.3. The number of aliphatic hydroxyl groups excluding tert-OH is 1. The van der Waals surface area contributed by atoms with Crippen molar-refractivity contribution in [3.8, 4) is 5.75 Å². The van der Waals surface area contributed by atoms with Gasteiger partial charge in [0, 0.05) is 63.1 Å². The van der Waals surface area contributed by atoms with Crippen molar-refractivity contribution >= 4 is 93.3 Å². The summed E-state index contributed by atoms with van der Waals surface area (Å²) in [5, 5.41) is 47.4. The Labute approximate surface area is 585 Å². The Balaban J connectivity index is 1.24. The van der Waals surface area contributed by atoms with E-state index < -0.39 is 132 Å². The van der Waals surface area contributed by atoms with E-state index in [1.54, 1.807) is 50.2 Å². The van der Waals surface area contributed by atoms with Gasteiger partial charge in [0.2, 0.25) is 65.0 Å². The van der Waals surface area contributed by atoms with E-state index in [0.29, 0.717) is 40.1 Å². The zero-order chi connectivity index (χ0) is 73.0. The second kappa shape index (κ2) is 39.4. The van der Waals surface area contributed by atoms with Crippen LogP contribution in [0, 0.1) is 5.92 Å². The van der Waals surface area contributed by atoms with Crippen molar-refractivity contribution in [1.82, 2.24) is 57.7 Å². The molecule has 1 saturated heterocycles. The molecule has 29 nitrogen and oxygen atoms in total. The minimum absolute atomic E-state index is 0.00724. The number of hydrogen-bond acceptors (Lipinski definition) is 16. The van der Waals surface area contributed by atoms with E-state index in [-0.39, 0.29) is 101 Å². The Morgan fingerprint density at radius 2 is 1.07 bits per heavy atom. The number of amides is 11. The number of nitrogens with two attached hydrogens (primary N) is 4. The Kier molecular flexibility index (Phi) is 31.0. The maximum Gasteiger partial charge on any atom is 0.245 e. The molecule has 19 N–H and O–H groups in total. The molecular weight excluding hydrogens is 1310 g/mol. The number of halogens is 1. The number of primary amides is 1. The molecule has 5 aromatic rings. The number of guanidine groups is 1. The fourth-order valence-electron chi connectivity index (χ4n) is 11.4. The average Bonchev–Trinajstić information content (AvgIpc) is 1.58. The molecule has 11 amide bonds. The zero-order valence-corrected chi connectivity index (χ0v) is 57.3. The van der Waals surface area contributed by atoms with E-state index in [4.69, 9.17) is 34.5 Å². The van der Waals surface area contributed by atoms with Crippen LogP contribution in [0.3, 0.4) is 0 Å². The monoisotopic (exact) mass is 1400 g/mol. The number of fused-ring (bicyclic) bond motifs is 1. The van der Waals surface area contributed by atoms with Crippen LogP contribution in [0.1, 0.15) is 101 Å². The molecule has 4 aromatic carbocycles. The Bertz CT molecular complexity index is 3660. The van der Waals surface area contributed by atoms with Crippen LogP contribution in [0.25, 0.3) is 10.8 Å². The van der Waals surface area contributed by atoms with E-state index in [0.717, 1.165) is 10.8 Å². The van der Waals surface area contributed by atoms with Crippen LogP contribution in [0.2, 0.25) is 5.02 Å². The quantitative estimate of drug-likeness (QED) is 0.0140. The summed E-state index contributed by atoms with van der Waals surface area (Å²) >= 11 is 6.23. The van der Waals surface area contributed by atoms with Gasteiger partial charge < -0.3 is 85.9 Å². The molecule has 538 valence electrons. The molecule has 1 aromatic heterocycles. The number of phenols is 1. The van der Waals surface area contributed by atoms with Crippen molar-refractivity contribution in [3.05, 3.63) is 143 Å². The third-order valence-electron chi connectivity index (χ3n) is 16.7. The molecule has 6 rings (SSSR count). The van der Waals surface area contributed by atoms with Crippen LogP contribution >= 0.6 is 11.6 Å². The van der Waals surface area contributed by atoms with Gasteiger partial charge in [0.05, 0.1) is 6.61 Å².